The number of nitrogens with one attached hydrogen (secondary N) is 2. The third kappa shape index (κ3) is 4.40. The summed E-state index contributed by atoms with van der Waals surface area (Å²) in [6.45, 7) is 1.87. The molecule has 3 N–H and O–H groups in total. The van der Waals surface area contributed by atoms with Crippen LogP contribution in [0.3, 0.4) is 0 Å². The Kier molecular flexibility index (Phi) is 5.49. The lowest BCUT2D eigenvalue weighted by Gasteiger charge is -2.14. The predicted octanol–water partition coefficient (Wildman–Crippen LogP) is 2.42. The van der Waals surface area contributed by atoms with Crippen molar-refractivity contribution in [1.29, 1.82) is 0 Å². The highest BCUT2D eigenvalue weighted by Crippen LogP contribution is 2.20. The first-order valence-corrected chi connectivity index (χ1v) is 7.37. The third-order valence-corrected chi connectivity index (χ3v) is 3.48. The first kappa shape index (κ1) is 16.7. The summed E-state index contributed by atoms with van der Waals surface area (Å²) in [6, 6.07) is 14.2. The van der Waals surface area contributed by atoms with Gasteiger partial charge in [-0.05, 0) is 24.6 Å². The maximum atomic E-state index is 12.1. The van der Waals surface area contributed by atoms with Gasteiger partial charge in [-0.3, -0.25) is 9.59 Å². The van der Waals surface area contributed by atoms with Crippen molar-refractivity contribution in [3.8, 4) is 0 Å². The van der Waals surface area contributed by atoms with E-state index in [1.165, 1.54) is 7.05 Å². The highest BCUT2D eigenvalue weighted by molar-refractivity contribution is 6.03. The van der Waals surface area contributed by atoms with Crippen LogP contribution in [-0.2, 0) is 4.79 Å². The Morgan fingerprint density at radius 2 is 1.83 bits per heavy atom. The molecule has 0 fully saturated rings. The number of benzene rings is 2. The second kappa shape index (κ2) is 7.56. The van der Waals surface area contributed by atoms with Gasteiger partial charge in [0.2, 0.25) is 5.91 Å². The van der Waals surface area contributed by atoms with Gasteiger partial charge in [0.15, 0.2) is 0 Å². The molecular weight excluding hydrogens is 292 g/mol. The molecule has 5 heteroatoms. The Morgan fingerprint density at radius 3 is 2.48 bits per heavy atom. The normalized spacial score (nSPS) is 11.6. The first-order valence-electron chi connectivity index (χ1n) is 7.37. The molecule has 2 aromatic rings. The number of aliphatic hydroxyl groups is 1. The van der Waals surface area contributed by atoms with E-state index in [1.807, 2.05) is 19.1 Å². The third-order valence-electron chi connectivity index (χ3n) is 3.48. The van der Waals surface area contributed by atoms with Gasteiger partial charge in [-0.1, -0.05) is 42.0 Å². The molecule has 0 aliphatic carbocycles. The highest BCUT2D eigenvalue weighted by atomic mass is 16.3. The lowest BCUT2D eigenvalue weighted by Crippen LogP contribution is -2.22. The average Bonchev–Trinajstić information content (AvgIpc) is 2.56. The largest absolute Gasteiger partial charge is 0.388 e. The number of aryl methyl sites for hydroxylation is 1. The molecule has 1 unspecified atom stereocenters. The SMILES string of the molecule is CNC(=O)c1cc(C)ccc1NC(=O)CC(O)c1ccccc1. The van der Waals surface area contributed by atoms with Crippen LogP contribution in [0, 0.1) is 6.92 Å². The van der Waals surface area contributed by atoms with E-state index in [4.69, 9.17) is 0 Å². The van der Waals surface area contributed by atoms with Gasteiger partial charge in [0.1, 0.15) is 0 Å². The van der Waals surface area contributed by atoms with Crippen LogP contribution in [0.1, 0.15) is 34.0 Å². The van der Waals surface area contributed by atoms with Crippen molar-refractivity contribution in [2.75, 3.05) is 12.4 Å². The molecule has 2 aromatic carbocycles. The van der Waals surface area contributed by atoms with E-state index in [1.54, 1.807) is 36.4 Å². The van der Waals surface area contributed by atoms with Gasteiger partial charge < -0.3 is 15.7 Å². The van der Waals surface area contributed by atoms with Crippen LogP contribution in [0.25, 0.3) is 0 Å². The summed E-state index contributed by atoms with van der Waals surface area (Å²) in [5.41, 5.74) is 2.43. The van der Waals surface area contributed by atoms with Crippen molar-refractivity contribution in [1.82, 2.24) is 5.32 Å². The fraction of sp³-hybridized carbons (Fsp3) is 0.222. The van der Waals surface area contributed by atoms with Gasteiger partial charge in [0.05, 0.1) is 23.8 Å². The number of carbonyl (C=O) groups is 2. The Balaban J connectivity index is 2.10. The number of hydrogen-bond acceptors (Lipinski definition) is 3. The van der Waals surface area contributed by atoms with Crippen molar-refractivity contribution in [2.24, 2.45) is 0 Å². The zero-order valence-corrected chi connectivity index (χ0v) is 13.2. The van der Waals surface area contributed by atoms with Gasteiger partial charge in [-0.25, -0.2) is 0 Å². The minimum Gasteiger partial charge on any atom is -0.388 e. The van der Waals surface area contributed by atoms with E-state index < -0.39 is 6.10 Å². The van der Waals surface area contributed by atoms with Crippen LogP contribution in [0.15, 0.2) is 48.5 Å². The summed E-state index contributed by atoms with van der Waals surface area (Å²) in [5, 5.41) is 15.3. The van der Waals surface area contributed by atoms with Crippen LogP contribution in [-0.4, -0.2) is 24.0 Å². The predicted molar refractivity (Wildman–Crippen MR) is 89.2 cm³/mol. The molecule has 0 bridgehead atoms. The van der Waals surface area contributed by atoms with Crippen LogP contribution in [0.5, 0.6) is 0 Å². The summed E-state index contributed by atoms with van der Waals surface area (Å²) in [7, 11) is 1.54. The topological polar surface area (TPSA) is 78.4 Å². The Morgan fingerprint density at radius 1 is 1.13 bits per heavy atom. The Labute approximate surface area is 135 Å². The van der Waals surface area contributed by atoms with Crippen molar-refractivity contribution >= 4 is 17.5 Å². The number of rotatable bonds is 5. The lowest BCUT2D eigenvalue weighted by atomic mass is 10.1. The molecule has 1 atom stereocenters. The summed E-state index contributed by atoms with van der Waals surface area (Å²) in [6.07, 6.45) is -0.962. The van der Waals surface area contributed by atoms with Gasteiger partial charge in [-0.2, -0.15) is 0 Å². The molecule has 0 saturated heterocycles. The van der Waals surface area contributed by atoms with Crippen molar-refractivity contribution < 1.29 is 14.7 Å². The first-order chi connectivity index (χ1) is 11.0. The Hall–Kier alpha value is -2.66. The zero-order valence-electron chi connectivity index (χ0n) is 13.2. The average molecular weight is 312 g/mol. The zero-order chi connectivity index (χ0) is 16.8. The van der Waals surface area contributed by atoms with Crippen LogP contribution < -0.4 is 10.6 Å². The van der Waals surface area contributed by atoms with Crippen LogP contribution in [0.4, 0.5) is 5.69 Å². The molecule has 0 spiro atoms. The second-order valence-electron chi connectivity index (χ2n) is 5.31. The van der Waals surface area contributed by atoms with Crippen molar-refractivity contribution in [3.63, 3.8) is 0 Å². The number of aliphatic hydroxyl groups excluding tert-OH is 1. The lowest BCUT2D eigenvalue weighted by molar-refractivity contribution is -0.118. The maximum Gasteiger partial charge on any atom is 0.253 e. The second-order valence-corrected chi connectivity index (χ2v) is 5.31. The van der Waals surface area contributed by atoms with Crippen molar-refractivity contribution in [3.05, 3.63) is 65.2 Å². The molecule has 0 saturated carbocycles. The quantitative estimate of drug-likeness (QED) is 0.793. The van der Waals surface area contributed by atoms with Crippen LogP contribution >= 0.6 is 0 Å². The number of carbonyl (C=O) groups excluding carboxylic acids is 2. The van der Waals surface area contributed by atoms with Gasteiger partial charge in [-0.15, -0.1) is 0 Å². The molecule has 0 aromatic heterocycles. The van der Waals surface area contributed by atoms with E-state index in [-0.39, 0.29) is 18.2 Å². The van der Waals surface area contributed by atoms with Gasteiger partial charge >= 0.3 is 0 Å². The van der Waals surface area contributed by atoms with Crippen LogP contribution in [0.2, 0.25) is 0 Å². The number of anilines is 1. The van der Waals surface area contributed by atoms with Gasteiger partial charge in [0.25, 0.3) is 5.91 Å². The van der Waals surface area contributed by atoms with E-state index in [2.05, 4.69) is 10.6 Å². The number of amides is 2. The number of hydrogen-bond donors (Lipinski definition) is 3. The summed E-state index contributed by atoms with van der Waals surface area (Å²) >= 11 is 0. The minimum absolute atomic E-state index is 0.0783. The van der Waals surface area contributed by atoms with E-state index in [0.29, 0.717) is 16.8 Å². The molecule has 2 rings (SSSR count). The summed E-state index contributed by atoms with van der Waals surface area (Å²) in [4.78, 5) is 24.0. The Bertz CT molecular complexity index is 699. The summed E-state index contributed by atoms with van der Waals surface area (Å²) < 4.78 is 0. The van der Waals surface area contributed by atoms with E-state index in [9.17, 15) is 14.7 Å². The molecule has 0 aliphatic heterocycles. The maximum absolute atomic E-state index is 12.1. The molecular formula is C18H20N2O3. The van der Waals surface area contributed by atoms with E-state index in [0.717, 1.165) is 5.56 Å². The molecule has 120 valence electrons. The van der Waals surface area contributed by atoms with Gasteiger partial charge in [0, 0.05) is 7.05 Å². The van der Waals surface area contributed by atoms with Crippen molar-refractivity contribution in [2.45, 2.75) is 19.4 Å². The molecule has 0 radical (unpaired) electrons. The molecule has 0 aliphatic rings. The monoisotopic (exact) mass is 312 g/mol. The molecule has 5 nitrogen and oxygen atoms in total. The standard InChI is InChI=1S/C18H20N2O3/c1-12-8-9-15(14(10-12)18(23)19-2)20-17(22)11-16(21)13-6-4-3-5-7-13/h3-10,16,21H,11H2,1-2H3,(H,19,23)(H,20,22). The molecule has 0 heterocycles. The fourth-order valence-corrected chi connectivity index (χ4v) is 2.26. The highest BCUT2D eigenvalue weighted by Gasteiger charge is 2.16. The molecule has 23 heavy (non-hydrogen) atoms. The smallest absolute Gasteiger partial charge is 0.253 e. The fourth-order valence-electron chi connectivity index (χ4n) is 2.26. The molecule has 2 amide bonds. The summed E-state index contributed by atoms with van der Waals surface area (Å²) in [5.74, 6) is -0.622. The minimum atomic E-state index is -0.884. The van der Waals surface area contributed by atoms with E-state index >= 15 is 0 Å².